The van der Waals surface area contributed by atoms with Crippen LogP contribution in [0.5, 0.6) is 11.5 Å². The molecule has 2 aromatic carbocycles. The maximum absolute atomic E-state index is 13.7. The third kappa shape index (κ3) is 14.5. The van der Waals surface area contributed by atoms with Gasteiger partial charge in [-0.3, -0.25) is 48.2 Å². The van der Waals surface area contributed by atoms with Gasteiger partial charge < -0.3 is 70.7 Å². The number of rotatable bonds is 23. The molecule has 7 rings (SSSR count). The Hall–Kier alpha value is -7.51. The number of amides is 8. The molecule has 8 amide bonds. The minimum atomic E-state index is -1.74. The minimum Gasteiger partial charge on any atom is -0.490 e. The molecule has 1 aromatic heterocycles. The average molecular weight is 1070 g/mol. The zero-order valence-corrected chi connectivity index (χ0v) is 43.3. The number of unbranched alkanes of at least 4 members (excludes halogenated alkanes) is 2. The molecule has 4 aliphatic heterocycles. The van der Waals surface area contributed by atoms with Crippen molar-refractivity contribution in [3.63, 3.8) is 0 Å². The number of hydrogen-bond donors (Lipinski definition) is 9. The SMILES string of the molecule is CC(C)[C@H](NC(=O)CCCCCN1C(=O)C=CC1=O)C(=O)N[C@@H](C)C(=O)Nc1ccc(NC(=O)c2cc(NC(=O)CCCOc3cc4c(cc3O[C@@H]3O[C@H](CO)[C@H](O)[C@H](O)[C@H]3O)C(=O)N3CCCC[C@H]3C=N4)cn2C)cc1. The van der Waals surface area contributed by atoms with Gasteiger partial charge in [-0.1, -0.05) is 20.3 Å². The second kappa shape index (κ2) is 26.0. The number of nitrogens with zero attached hydrogens (tertiary/aromatic N) is 4. The number of aryl methyl sites for hydroxylation is 1. The zero-order chi connectivity index (χ0) is 55.5. The summed E-state index contributed by atoms with van der Waals surface area (Å²) in [7, 11) is 1.63. The number of anilines is 3. The molecule has 5 heterocycles. The van der Waals surface area contributed by atoms with Crippen LogP contribution in [0.25, 0.3) is 0 Å². The van der Waals surface area contributed by atoms with Gasteiger partial charge in [-0.15, -0.1) is 0 Å². The molecule has 2 fully saturated rings. The number of hydrogen-bond acceptors (Lipinski definition) is 16. The largest absolute Gasteiger partial charge is 0.490 e. The first-order valence-electron chi connectivity index (χ1n) is 25.8. The Labute approximate surface area is 444 Å². The van der Waals surface area contributed by atoms with Gasteiger partial charge in [0, 0.05) is 75.0 Å². The van der Waals surface area contributed by atoms with Crippen molar-refractivity contribution in [2.24, 2.45) is 18.0 Å². The fraction of sp³-hybridized carbons (Fsp3) is 0.491. The highest BCUT2D eigenvalue weighted by Crippen LogP contribution is 2.40. The van der Waals surface area contributed by atoms with E-state index in [9.17, 15) is 58.8 Å². The molecule has 0 radical (unpaired) electrons. The molecule has 9 N–H and O–H groups in total. The molecule has 0 aliphatic carbocycles. The van der Waals surface area contributed by atoms with E-state index in [1.165, 1.54) is 41.8 Å². The summed E-state index contributed by atoms with van der Waals surface area (Å²) in [6.45, 7) is 5.14. The molecule has 0 unspecified atom stereocenters. The Kier molecular flexibility index (Phi) is 19.3. The van der Waals surface area contributed by atoms with E-state index in [2.05, 4.69) is 31.6 Å². The topological polar surface area (TPSA) is 329 Å². The van der Waals surface area contributed by atoms with E-state index in [4.69, 9.17) is 14.2 Å². The molecule has 2 saturated heterocycles. The lowest BCUT2D eigenvalue weighted by Crippen LogP contribution is -2.60. The lowest BCUT2D eigenvalue weighted by Gasteiger charge is -2.39. The van der Waals surface area contributed by atoms with Crippen LogP contribution < -0.4 is 36.1 Å². The summed E-state index contributed by atoms with van der Waals surface area (Å²) < 4.78 is 19.2. The number of benzene rings is 2. The Morgan fingerprint density at radius 3 is 2.18 bits per heavy atom. The van der Waals surface area contributed by atoms with E-state index >= 15 is 0 Å². The van der Waals surface area contributed by atoms with Crippen LogP contribution in [0.3, 0.4) is 0 Å². The quantitative estimate of drug-likeness (QED) is 0.0485. The van der Waals surface area contributed by atoms with Crippen molar-refractivity contribution >= 4 is 76.2 Å². The number of aliphatic hydroxyl groups is 4. The van der Waals surface area contributed by atoms with Gasteiger partial charge in [-0.2, -0.15) is 0 Å². The standard InChI is InChI=1S/C53H67N9O15/c1-29(2)45(59-42(65)12-6-5-8-21-62-43(66)18-19-44(62)67)51(73)55-30(3)49(71)57-31-14-16-32(17-15-31)58-50(72)37-23-33(27-60(37)4)56-41(64)13-10-22-75-38-25-36-35(52(74)61-20-9-7-11-34(61)26-54-36)24-39(38)76-53-48(70)47(69)46(68)40(28-63)77-53/h14-19,23-27,29-30,34,40,45-48,53,63,68-70H,5-13,20-22,28H2,1-4H3,(H,55,73)(H,56,64)(H,57,71)(H,58,72)(H,59,65)/t30-,34-,40+,45-,46-,47-,48+,53+/m0/s1. The molecule has 8 atom stereocenters. The third-order valence-corrected chi connectivity index (χ3v) is 13.5. The first kappa shape index (κ1) is 57.2. The predicted octanol–water partition coefficient (Wildman–Crippen LogP) is 2.03. The van der Waals surface area contributed by atoms with Gasteiger partial charge in [0.15, 0.2) is 11.5 Å². The number of carbonyl (C=O) groups excluding carboxylic acids is 8. The monoisotopic (exact) mass is 1070 g/mol. The van der Waals surface area contributed by atoms with E-state index < -0.39 is 67.1 Å². The van der Waals surface area contributed by atoms with Crippen LogP contribution in [0.2, 0.25) is 0 Å². The van der Waals surface area contributed by atoms with Crippen molar-refractivity contribution in [3.8, 4) is 11.5 Å². The number of carbonyl (C=O) groups is 8. The average Bonchev–Trinajstić information content (AvgIpc) is 3.91. The van der Waals surface area contributed by atoms with E-state index in [0.717, 1.165) is 24.2 Å². The van der Waals surface area contributed by atoms with Crippen LogP contribution in [0.15, 0.2) is 65.8 Å². The van der Waals surface area contributed by atoms with Gasteiger partial charge in [0.05, 0.1) is 36.2 Å². The third-order valence-electron chi connectivity index (χ3n) is 13.5. The maximum atomic E-state index is 13.7. The van der Waals surface area contributed by atoms with Crippen molar-refractivity contribution in [2.75, 3.05) is 42.3 Å². The van der Waals surface area contributed by atoms with E-state index in [1.54, 1.807) is 62.5 Å². The highest BCUT2D eigenvalue weighted by atomic mass is 16.7. The number of aliphatic hydroxyl groups excluding tert-OH is 4. The summed E-state index contributed by atoms with van der Waals surface area (Å²) in [4.78, 5) is 110. The van der Waals surface area contributed by atoms with Crippen LogP contribution in [-0.4, -0.2) is 163 Å². The number of fused-ring (bicyclic) bond motifs is 2. The molecule has 0 bridgehead atoms. The van der Waals surface area contributed by atoms with Gasteiger partial charge in [0.1, 0.15) is 42.2 Å². The van der Waals surface area contributed by atoms with Crippen molar-refractivity contribution < 1.29 is 73.0 Å². The van der Waals surface area contributed by atoms with Crippen LogP contribution in [0, 0.1) is 5.92 Å². The minimum absolute atomic E-state index is 0.0143. The Bertz CT molecular complexity index is 2720. The highest BCUT2D eigenvalue weighted by molar-refractivity contribution is 6.13. The molecule has 0 spiro atoms. The van der Waals surface area contributed by atoms with Gasteiger partial charge in [-0.05, 0) is 87.8 Å². The molecule has 24 heteroatoms. The lowest BCUT2D eigenvalue weighted by molar-refractivity contribution is -0.277. The first-order chi connectivity index (χ1) is 36.8. The van der Waals surface area contributed by atoms with Crippen LogP contribution in [0.4, 0.5) is 22.7 Å². The predicted molar refractivity (Wildman–Crippen MR) is 278 cm³/mol. The van der Waals surface area contributed by atoms with Crippen molar-refractivity contribution in [2.45, 2.75) is 127 Å². The van der Waals surface area contributed by atoms with Crippen LogP contribution in [-0.2, 0) is 40.6 Å². The summed E-state index contributed by atoms with van der Waals surface area (Å²) in [6.07, 6.45) is 2.30. The summed E-state index contributed by atoms with van der Waals surface area (Å²) in [5, 5.41) is 54.9. The van der Waals surface area contributed by atoms with Crippen molar-refractivity contribution in [1.29, 1.82) is 0 Å². The summed E-state index contributed by atoms with van der Waals surface area (Å²) in [5.74, 6) is -3.51. The lowest BCUT2D eigenvalue weighted by atomic mass is 9.99. The maximum Gasteiger partial charge on any atom is 0.272 e. The molecular weight excluding hydrogens is 1000 g/mol. The van der Waals surface area contributed by atoms with E-state index in [-0.39, 0.29) is 96.7 Å². The van der Waals surface area contributed by atoms with Crippen molar-refractivity contribution in [1.82, 2.24) is 25.0 Å². The second-order valence-electron chi connectivity index (χ2n) is 19.7. The molecular formula is C53H67N9O15. The number of piperidine rings is 1. The Morgan fingerprint density at radius 2 is 1.48 bits per heavy atom. The van der Waals surface area contributed by atoms with Crippen molar-refractivity contribution in [3.05, 3.63) is 72.1 Å². The number of aliphatic imine (C=N–C) groups is 1. The van der Waals surface area contributed by atoms with Gasteiger partial charge in [-0.25, -0.2) is 0 Å². The number of ether oxygens (including phenoxy) is 3. The summed E-state index contributed by atoms with van der Waals surface area (Å²) in [5.41, 5.74) is 1.87. The smallest absolute Gasteiger partial charge is 0.272 e. The first-order valence-corrected chi connectivity index (χ1v) is 25.8. The molecule has 0 saturated carbocycles. The van der Waals surface area contributed by atoms with E-state index in [1.807, 2.05) is 0 Å². The second-order valence-corrected chi connectivity index (χ2v) is 19.7. The summed E-state index contributed by atoms with van der Waals surface area (Å²) >= 11 is 0. The molecule has 24 nitrogen and oxygen atoms in total. The Morgan fingerprint density at radius 1 is 0.779 bits per heavy atom. The number of nitrogens with one attached hydrogen (secondary N) is 5. The van der Waals surface area contributed by atoms with E-state index in [0.29, 0.717) is 48.6 Å². The van der Waals surface area contributed by atoms with Crippen LogP contribution in [0.1, 0.15) is 99.4 Å². The highest BCUT2D eigenvalue weighted by Gasteiger charge is 2.45. The number of imide groups is 1. The fourth-order valence-electron chi connectivity index (χ4n) is 9.12. The van der Waals surface area contributed by atoms with Crippen LogP contribution >= 0.6 is 0 Å². The molecule has 77 heavy (non-hydrogen) atoms. The van der Waals surface area contributed by atoms with Gasteiger partial charge >= 0.3 is 0 Å². The zero-order valence-electron chi connectivity index (χ0n) is 43.3. The fourth-order valence-corrected chi connectivity index (χ4v) is 9.12. The molecule has 414 valence electrons. The normalized spacial score (nSPS) is 21.6. The molecule has 3 aromatic rings. The summed E-state index contributed by atoms with van der Waals surface area (Å²) in [6, 6.07) is 8.62. The number of aromatic nitrogens is 1. The van der Waals surface area contributed by atoms with Gasteiger partial charge in [0.25, 0.3) is 23.6 Å². The molecule has 4 aliphatic rings. The van der Waals surface area contributed by atoms with Gasteiger partial charge in [0.2, 0.25) is 29.9 Å². The Balaban J connectivity index is 0.861.